The molecule has 0 aliphatic carbocycles. The number of hydrogen-bond donors (Lipinski definition) is 2. The van der Waals surface area contributed by atoms with Crippen molar-refractivity contribution in [3.8, 4) is 0 Å². The average molecular weight is 299 g/mol. The Morgan fingerprint density at radius 3 is 3.08 bits per heavy atom. The van der Waals surface area contributed by atoms with E-state index in [1.165, 1.54) is 0 Å². The van der Waals surface area contributed by atoms with Crippen molar-refractivity contribution in [1.29, 1.82) is 0 Å². The van der Waals surface area contributed by atoms with Gasteiger partial charge in [0.25, 0.3) is 0 Å². The van der Waals surface area contributed by atoms with Crippen molar-refractivity contribution in [2.75, 3.05) is 12.3 Å². The number of thiol groups is 1. The molecule has 1 aromatic rings. The standard InChI is InChI=1S/C6H9N3O.HIS/c7-5-3-9-1-2-10-4-6(9)8-5;1-2/h3H,1-2,4,7H2;2H. The molecule has 0 atom stereocenters. The summed E-state index contributed by atoms with van der Waals surface area (Å²) >= 11 is 1.84. The minimum absolute atomic E-state index is 0.584. The summed E-state index contributed by atoms with van der Waals surface area (Å²) in [6, 6.07) is 0. The molecule has 0 radical (unpaired) electrons. The van der Waals surface area contributed by atoms with Crippen LogP contribution < -0.4 is 5.73 Å². The highest BCUT2D eigenvalue weighted by molar-refractivity contribution is 14.2. The van der Waals surface area contributed by atoms with E-state index in [1.54, 1.807) is 0 Å². The summed E-state index contributed by atoms with van der Waals surface area (Å²) in [5.74, 6) is 1.52. The molecule has 12 heavy (non-hydrogen) atoms. The van der Waals surface area contributed by atoms with Gasteiger partial charge in [-0.15, -0.1) is 9.80 Å². The zero-order valence-corrected chi connectivity index (χ0v) is 9.46. The van der Waals surface area contributed by atoms with Crippen LogP contribution in [0.15, 0.2) is 6.20 Å². The van der Waals surface area contributed by atoms with Crippen molar-refractivity contribution in [2.45, 2.75) is 13.2 Å². The fourth-order valence-electron chi connectivity index (χ4n) is 1.11. The minimum Gasteiger partial charge on any atom is -0.382 e. The number of fused-ring (bicyclic) bond motifs is 1. The summed E-state index contributed by atoms with van der Waals surface area (Å²) in [6.07, 6.45) is 1.85. The molecule has 2 rings (SSSR count). The van der Waals surface area contributed by atoms with Gasteiger partial charge in [0.15, 0.2) is 0 Å². The van der Waals surface area contributed by atoms with Gasteiger partial charge in [0.2, 0.25) is 0 Å². The van der Waals surface area contributed by atoms with E-state index in [1.807, 2.05) is 32.0 Å². The van der Waals surface area contributed by atoms with Gasteiger partial charge in [0.05, 0.1) is 6.61 Å². The number of rotatable bonds is 0. The van der Waals surface area contributed by atoms with E-state index in [4.69, 9.17) is 10.5 Å². The number of ether oxygens (including phenoxy) is 1. The lowest BCUT2D eigenvalue weighted by atomic mass is 10.5. The van der Waals surface area contributed by atoms with Crippen LogP contribution in [-0.4, -0.2) is 16.2 Å². The molecule has 4 nitrogen and oxygen atoms in total. The molecule has 0 unspecified atom stereocenters. The quantitative estimate of drug-likeness (QED) is 0.560. The van der Waals surface area contributed by atoms with Crippen molar-refractivity contribution in [3.05, 3.63) is 12.0 Å². The molecule has 0 amide bonds. The molecule has 1 aliphatic rings. The maximum absolute atomic E-state index is 5.47. The summed E-state index contributed by atoms with van der Waals surface area (Å²) in [5, 5.41) is 0. The third-order valence-electron chi connectivity index (χ3n) is 1.59. The third kappa shape index (κ3) is 2.27. The Kier molecular flexibility index (Phi) is 4.16. The van der Waals surface area contributed by atoms with E-state index in [-0.39, 0.29) is 0 Å². The van der Waals surface area contributed by atoms with E-state index in [2.05, 4.69) is 14.8 Å². The van der Waals surface area contributed by atoms with Gasteiger partial charge in [-0.05, 0) is 21.2 Å². The molecule has 1 aromatic heterocycles. The number of nitrogen functional groups attached to an aromatic ring is 1. The van der Waals surface area contributed by atoms with Crippen LogP contribution >= 0.6 is 31.0 Å². The Bertz CT molecular complexity index is 229. The first-order valence-corrected chi connectivity index (χ1v) is 6.66. The second-order valence-corrected chi connectivity index (χ2v) is 2.33. The maximum atomic E-state index is 5.47. The lowest BCUT2D eigenvalue weighted by molar-refractivity contribution is 0.0816. The zero-order chi connectivity index (χ0) is 8.97. The predicted molar refractivity (Wildman–Crippen MR) is 59.3 cm³/mol. The van der Waals surface area contributed by atoms with Gasteiger partial charge in [-0.1, -0.05) is 0 Å². The third-order valence-corrected chi connectivity index (χ3v) is 1.59. The first kappa shape index (κ1) is 10.1. The zero-order valence-electron chi connectivity index (χ0n) is 6.40. The Labute approximate surface area is 88.5 Å². The molecule has 2 N–H and O–H groups in total. The molecule has 0 spiro atoms. The predicted octanol–water partition coefficient (Wildman–Crippen LogP) is 1.26. The largest absolute Gasteiger partial charge is 0.382 e. The van der Waals surface area contributed by atoms with Crippen LogP contribution in [0, 0.1) is 0 Å². The van der Waals surface area contributed by atoms with Crippen LogP contribution in [0.3, 0.4) is 0 Å². The van der Waals surface area contributed by atoms with E-state index < -0.39 is 0 Å². The summed E-state index contributed by atoms with van der Waals surface area (Å²) in [6.45, 7) is 2.24. The normalized spacial score (nSPS) is 14.5. The number of halogens is 1. The fraction of sp³-hybridized carbons (Fsp3) is 0.500. The summed E-state index contributed by atoms with van der Waals surface area (Å²) in [7, 11) is 3.50. The van der Waals surface area contributed by atoms with Gasteiger partial charge < -0.3 is 15.0 Å². The number of imidazole rings is 1. The van der Waals surface area contributed by atoms with Crippen LogP contribution in [0.2, 0.25) is 0 Å². The highest BCUT2D eigenvalue weighted by atomic mass is 127. The van der Waals surface area contributed by atoms with Gasteiger partial charge in [-0.3, -0.25) is 0 Å². The molecular weight excluding hydrogens is 289 g/mol. The van der Waals surface area contributed by atoms with Crippen LogP contribution in [0.25, 0.3) is 0 Å². The monoisotopic (exact) mass is 299 g/mol. The smallest absolute Gasteiger partial charge is 0.142 e. The second-order valence-electron chi connectivity index (χ2n) is 2.33. The Morgan fingerprint density at radius 1 is 1.67 bits per heavy atom. The second kappa shape index (κ2) is 4.93. The highest BCUT2D eigenvalue weighted by Gasteiger charge is 2.09. The number of anilines is 1. The first-order valence-electron chi connectivity index (χ1n) is 3.42. The molecular formula is C6H10IN3OS. The van der Waals surface area contributed by atoms with Crippen LogP contribution in [0.1, 0.15) is 5.82 Å². The van der Waals surface area contributed by atoms with Gasteiger partial charge in [0, 0.05) is 12.7 Å². The molecule has 0 fully saturated rings. The van der Waals surface area contributed by atoms with Crippen molar-refractivity contribution in [3.63, 3.8) is 0 Å². The lowest BCUT2D eigenvalue weighted by Gasteiger charge is -2.12. The molecule has 1 aliphatic heterocycles. The lowest BCUT2D eigenvalue weighted by Crippen LogP contribution is -2.15. The molecule has 2 heterocycles. The number of hydrogen-bond acceptors (Lipinski definition) is 4. The number of nitrogens with two attached hydrogens (primary N) is 1. The van der Waals surface area contributed by atoms with Gasteiger partial charge in [0.1, 0.15) is 18.2 Å². The fourth-order valence-corrected chi connectivity index (χ4v) is 1.11. The van der Waals surface area contributed by atoms with Crippen LogP contribution in [-0.2, 0) is 17.9 Å². The molecule has 0 saturated carbocycles. The summed E-state index contributed by atoms with van der Waals surface area (Å²) < 4.78 is 7.20. The van der Waals surface area contributed by atoms with Crippen LogP contribution in [0.5, 0.6) is 0 Å². The van der Waals surface area contributed by atoms with Crippen LogP contribution in [0.4, 0.5) is 5.82 Å². The molecule has 68 valence electrons. The minimum atomic E-state index is 0.584. The van der Waals surface area contributed by atoms with Gasteiger partial charge in [-0.2, -0.15) is 0 Å². The topological polar surface area (TPSA) is 53.1 Å². The van der Waals surface area contributed by atoms with E-state index in [0.29, 0.717) is 12.4 Å². The Hall–Kier alpha value is 0.0500. The SMILES string of the molecule is Nc1cn2c(n1)COCC2.SI. The maximum Gasteiger partial charge on any atom is 0.142 e. The average Bonchev–Trinajstić information content (AvgIpc) is 2.48. The van der Waals surface area contributed by atoms with Gasteiger partial charge >= 0.3 is 0 Å². The molecule has 0 bridgehead atoms. The van der Waals surface area contributed by atoms with Crippen molar-refractivity contribution < 1.29 is 4.74 Å². The number of nitrogens with zero attached hydrogens (tertiary/aromatic N) is 2. The Balaban J connectivity index is 0.000000336. The van der Waals surface area contributed by atoms with E-state index >= 15 is 0 Å². The van der Waals surface area contributed by atoms with E-state index in [0.717, 1.165) is 19.0 Å². The highest BCUT2D eigenvalue weighted by Crippen LogP contribution is 2.09. The van der Waals surface area contributed by atoms with Crippen molar-refractivity contribution in [1.82, 2.24) is 9.55 Å². The Morgan fingerprint density at radius 2 is 2.42 bits per heavy atom. The van der Waals surface area contributed by atoms with E-state index in [9.17, 15) is 0 Å². The molecule has 0 aromatic carbocycles. The summed E-state index contributed by atoms with van der Waals surface area (Å²) in [4.78, 5) is 4.07. The number of aromatic nitrogens is 2. The first-order chi connectivity index (χ1) is 5.86. The van der Waals surface area contributed by atoms with Crippen molar-refractivity contribution >= 4 is 36.8 Å². The summed E-state index contributed by atoms with van der Waals surface area (Å²) in [5.41, 5.74) is 5.47. The molecule has 6 heteroatoms. The van der Waals surface area contributed by atoms with Crippen molar-refractivity contribution in [2.24, 2.45) is 0 Å². The van der Waals surface area contributed by atoms with Gasteiger partial charge in [-0.25, -0.2) is 4.98 Å². The molecule has 0 saturated heterocycles.